The number of amides is 1. The Labute approximate surface area is 126 Å². The van der Waals surface area contributed by atoms with Crippen LogP contribution in [0.3, 0.4) is 0 Å². The van der Waals surface area contributed by atoms with E-state index in [9.17, 15) is 4.79 Å². The zero-order valence-corrected chi connectivity index (χ0v) is 13.3. The lowest BCUT2D eigenvalue weighted by Crippen LogP contribution is -2.26. The van der Waals surface area contributed by atoms with Crippen LogP contribution in [-0.4, -0.2) is 27.6 Å². The summed E-state index contributed by atoms with van der Waals surface area (Å²) in [7, 11) is 3.73. The minimum atomic E-state index is 0.166. The topological polar surface area (TPSA) is 38.1 Å². The minimum absolute atomic E-state index is 0.166. The molecule has 0 atom stereocenters. The van der Waals surface area contributed by atoms with Gasteiger partial charge in [-0.15, -0.1) is 0 Å². The second-order valence-electron chi connectivity index (χ2n) is 5.70. The highest BCUT2D eigenvalue weighted by Crippen LogP contribution is 2.13. The van der Waals surface area contributed by atoms with Gasteiger partial charge in [0.05, 0.1) is 6.20 Å². The Morgan fingerprint density at radius 1 is 1.33 bits per heavy atom. The van der Waals surface area contributed by atoms with Crippen molar-refractivity contribution in [2.75, 3.05) is 7.05 Å². The predicted octanol–water partition coefficient (Wildman–Crippen LogP) is 2.63. The summed E-state index contributed by atoms with van der Waals surface area (Å²) < 4.78 is 1.75. The van der Waals surface area contributed by atoms with E-state index < -0.39 is 0 Å². The number of hydrogen-bond donors (Lipinski definition) is 0. The summed E-state index contributed by atoms with van der Waals surface area (Å²) >= 11 is 0. The SMILES string of the molecule is Cc1ccc(CCC(=O)N(C)Cc2cnn(C)c2)c(C)c1. The van der Waals surface area contributed by atoms with Gasteiger partial charge >= 0.3 is 0 Å². The van der Waals surface area contributed by atoms with Gasteiger partial charge in [0.15, 0.2) is 0 Å². The molecule has 0 aliphatic carbocycles. The van der Waals surface area contributed by atoms with Gasteiger partial charge in [-0.3, -0.25) is 9.48 Å². The molecule has 0 saturated heterocycles. The number of carbonyl (C=O) groups excluding carboxylic acids is 1. The zero-order valence-electron chi connectivity index (χ0n) is 13.3. The van der Waals surface area contributed by atoms with Gasteiger partial charge in [0.1, 0.15) is 0 Å². The van der Waals surface area contributed by atoms with Crippen LogP contribution in [0.15, 0.2) is 30.6 Å². The van der Waals surface area contributed by atoms with Crippen LogP contribution in [0.2, 0.25) is 0 Å². The van der Waals surface area contributed by atoms with E-state index in [-0.39, 0.29) is 5.91 Å². The number of nitrogens with zero attached hydrogens (tertiary/aromatic N) is 3. The first kappa shape index (κ1) is 15.3. The quantitative estimate of drug-likeness (QED) is 0.847. The molecule has 2 rings (SSSR count). The van der Waals surface area contributed by atoms with Crippen LogP contribution < -0.4 is 0 Å². The van der Waals surface area contributed by atoms with E-state index in [4.69, 9.17) is 0 Å². The van der Waals surface area contributed by atoms with Crippen LogP contribution in [0.4, 0.5) is 0 Å². The lowest BCUT2D eigenvalue weighted by molar-refractivity contribution is -0.130. The maximum absolute atomic E-state index is 12.2. The van der Waals surface area contributed by atoms with Crippen LogP contribution in [0.1, 0.15) is 28.7 Å². The Balaban J connectivity index is 1.89. The molecule has 4 nitrogen and oxygen atoms in total. The third-order valence-electron chi connectivity index (χ3n) is 3.71. The predicted molar refractivity (Wildman–Crippen MR) is 83.9 cm³/mol. The highest BCUT2D eigenvalue weighted by molar-refractivity contribution is 5.76. The molecule has 0 fully saturated rings. The largest absolute Gasteiger partial charge is 0.341 e. The van der Waals surface area contributed by atoms with Crippen molar-refractivity contribution in [3.8, 4) is 0 Å². The van der Waals surface area contributed by atoms with E-state index in [1.807, 2.05) is 20.3 Å². The highest BCUT2D eigenvalue weighted by atomic mass is 16.2. The molecule has 0 bridgehead atoms. The summed E-state index contributed by atoms with van der Waals surface area (Å²) in [6.45, 7) is 4.80. The lowest BCUT2D eigenvalue weighted by Gasteiger charge is -2.16. The summed E-state index contributed by atoms with van der Waals surface area (Å²) in [6.07, 6.45) is 5.07. The first-order chi connectivity index (χ1) is 9.95. The van der Waals surface area contributed by atoms with Gasteiger partial charge in [-0.25, -0.2) is 0 Å². The summed E-state index contributed by atoms with van der Waals surface area (Å²) in [5, 5.41) is 4.12. The van der Waals surface area contributed by atoms with Crippen molar-refractivity contribution in [1.29, 1.82) is 0 Å². The average Bonchev–Trinajstić information content (AvgIpc) is 2.82. The van der Waals surface area contributed by atoms with Crippen molar-refractivity contribution in [3.05, 3.63) is 52.8 Å². The van der Waals surface area contributed by atoms with Gasteiger partial charge in [-0.05, 0) is 31.4 Å². The molecule has 2 aromatic rings. The molecule has 21 heavy (non-hydrogen) atoms. The number of aryl methyl sites for hydroxylation is 4. The molecule has 1 heterocycles. The number of aromatic nitrogens is 2. The molecule has 0 aliphatic rings. The molecule has 1 aromatic carbocycles. The third-order valence-corrected chi connectivity index (χ3v) is 3.71. The molecule has 0 aliphatic heterocycles. The fraction of sp³-hybridized carbons (Fsp3) is 0.412. The standard InChI is InChI=1S/C17H23N3O/c1-13-5-6-16(14(2)9-13)7-8-17(21)19(3)11-15-10-18-20(4)12-15/h5-6,9-10,12H,7-8,11H2,1-4H3. The van der Waals surface area contributed by atoms with Crippen molar-refractivity contribution in [2.24, 2.45) is 7.05 Å². The third kappa shape index (κ3) is 4.18. The van der Waals surface area contributed by atoms with Crippen molar-refractivity contribution in [1.82, 2.24) is 14.7 Å². The first-order valence-corrected chi connectivity index (χ1v) is 7.23. The first-order valence-electron chi connectivity index (χ1n) is 7.23. The highest BCUT2D eigenvalue weighted by Gasteiger charge is 2.11. The Kier molecular flexibility index (Phi) is 4.78. The Hall–Kier alpha value is -2.10. The Morgan fingerprint density at radius 2 is 2.10 bits per heavy atom. The van der Waals surface area contributed by atoms with E-state index in [0.29, 0.717) is 13.0 Å². The van der Waals surface area contributed by atoms with Gasteiger partial charge in [0.2, 0.25) is 5.91 Å². The second kappa shape index (κ2) is 6.57. The molecule has 0 N–H and O–H groups in total. The second-order valence-corrected chi connectivity index (χ2v) is 5.70. The maximum Gasteiger partial charge on any atom is 0.222 e. The Morgan fingerprint density at radius 3 is 2.71 bits per heavy atom. The number of benzene rings is 1. The molecular weight excluding hydrogens is 262 g/mol. The fourth-order valence-electron chi connectivity index (χ4n) is 2.47. The van der Waals surface area contributed by atoms with E-state index in [1.54, 1.807) is 15.8 Å². The molecule has 0 radical (unpaired) electrons. The number of rotatable bonds is 5. The maximum atomic E-state index is 12.2. The van der Waals surface area contributed by atoms with Gasteiger partial charge < -0.3 is 4.90 Å². The average molecular weight is 285 g/mol. The van der Waals surface area contributed by atoms with Gasteiger partial charge in [-0.1, -0.05) is 23.8 Å². The minimum Gasteiger partial charge on any atom is -0.341 e. The van der Waals surface area contributed by atoms with Crippen molar-refractivity contribution >= 4 is 5.91 Å². The normalized spacial score (nSPS) is 10.7. The fourth-order valence-corrected chi connectivity index (χ4v) is 2.47. The molecule has 0 unspecified atom stereocenters. The number of carbonyl (C=O) groups is 1. The summed E-state index contributed by atoms with van der Waals surface area (Å²) in [5.74, 6) is 0.166. The van der Waals surface area contributed by atoms with Crippen LogP contribution >= 0.6 is 0 Å². The van der Waals surface area contributed by atoms with E-state index in [1.165, 1.54) is 16.7 Å². The van der Waals surface area contributed by atoms with E-state index >= 15 is 0 Å². The van der Waals surface area contributed by atoms with Gasteiger partial charge in [-0.2, -0.15) is 5.10 Å². The monoisotopic (exact) mass is 285 g/mol. The van der Waals surface area contributed by atoms with Crippen molar-refractivity contribution in [3.63, 3.8) is 0 Å². The molecule has 0 saturated carbocycles. The Bertz CT molecular complexity index is 631. The molecule has 1 amide bonds. The van der Waals surface area contributed by atoms with Crippen LogP contribution in [0.5, 0.6) is 0 Å². The van der Waals surface area contributed by atoms with Gasteiger partial charge in [0.25, 0.3) is 0 Å². The smallest absolute Gasteiger partial charge is 0.222 e. The van der Waals surface area contributed by atoms with E-state index in [0.717, 1.165) is 12.0 Å². The summed E-state index contributed by atoms with van der Waals surface area (Å²) in [6, 6.07) is 6.39. The van der Waals surface area contributed by atoms with Gasteiger partial charge in [0, 0.05) is 38.8 Å². The lowest BCUT2D eigenvalue weighted by atomic mass is 10.0. The van der Waals surface area contributed by atoms with Crippen LogP contribution in [0.25, 0.3) is 0 Å². The van der Waals surface area contributed by atoms with Crippen molar-refractivity contribution < 1.29 is 4.79 Å². The molecule has 1 aromatic heterocycles. The summed E-state index contributed by atoms with van der Waals surface area (Å²) in [4.78, 5) is 14.0. The molecule has 112 valence electrons. The molecule has 4 heteroatoms. The van der Waals surface area contributed by atoms with E-state index in [2.05, 4.69) is 37.1 Å². The molecular formula is C17H23N3O. The zero-order chi connectivity index (χ0) is 15.4. The molecule has 0 spiro atoms. The van der Waals surface area contributed by atoms with Crippen LogP contribution in [0, 0.1) is 13.8 Å². The number of hydrogen-bond acceptors (Lipinski definition) is 2. The van der Waals surface area contributed by atoms with Crippen LogP contribution in [-0.2, 0) is 24.8 Å². The summed E-state index contributed by atoms with van der Waals surface area (Å²) in [5.41, 5.74) is 4.83. The van der Waals surface area contributed by atoms with Crippen molar-refractivity contribution in [2.45, 2.75) is 33.2 Å².